The number of nitrogens with zero attached hydrogens (tertiary/aromatic N) is 1. The van der Waals surface area contributed by atoms with Crippen LogP contribution in [0.2, 0.25) is 0 Å². The molecule has 2 rings (SSSR count). The normalized spacial score (nSPS) is 11.8. The van der Waals surface area contributed by atoms with Crippen molar-refractivity contribution in [1.29, 1.82) is 0 Å². The molecule has 3 N–H and O–H groups in total. The van der Waals surface area contributed by atoms with Crippen molar-refractivity contribution < 1.29 is 29.2 Å². The minimum absolute atomic E-state index is 0.00379. The van der Waals surface area contributed by atoms with Crippen molar-refractivity contribution >= 4 is 17.5 Å². The minimum atomic E-state index is -0.907. The fourth-order valence-electron chi connectivity index (χ4n) is 3.23. The SMILES string of the molecule is C=C(N=C(OC)c1ccc(OC(C)C)cc1)c1cc(C)c(OCC(O)CNC(=O)CO)c(C)c1.CCC. The summed E-state index contributed by atoms with van der Waals surface area (Å²) in [4.78, 5) is 15.7. The summed E-state index contributed by atoms with van der Waals surface area (Å²) in [7, 11) is 1.56. The maximum Gasteiger partial charge on any atom is 0.245 e. The van der Waals surface area contributed by atoms with Gasteiger partial charge in [0.1, 0.15) is 30.8 Å². The van der Waals surface area contributed by atoms with E-state index in [4.69, 9.17) is 19.3 Å². The molecule has 0 aliphatic rings. The highest BCUT2D eigenvalue weighted by molar-refractivity contribution is 5.97. The Bertz CT molecular complexity index is 1010. The van der Waals surface area contributed by atoms with E-state index in [1.807, 2.05) is 64.1 Å². The molecule has 1 atom stereocenters. The molecule has 37 heavy (non-hydrogen) atoms. The number of benzene rings is 2. The van der Waals surface area contributed by atoms with Gasteiger partial charge in [0.15, 0.2) is 0 Å². The standard InChI is InChI=1S/C26H34N2O6.C3H8/c1-16(2)34-23-9-7-20(8-10-23)26(32-6)28-19(5)21-11-17(3)25(18(4)12-21)33-15-22(30)13-27-24(31)14-29;1-3-2/h7-12,16,22,29-30H,5,13-15H2,1-4,6H3,(H,27,31);3H2,1-2H3. The van der Waals surface area contributed by atoms with Crippen LogP contribution in [0, 0.1) is 13.8 Å². The van der Waals surface area contributed by atoms with Gasteiger partial charge in [0.05, 0.1) is 18.9 Å². The molecule has 0 aliphatic heterocycles. The largest absolute Gasteiger partial charge is 0.491 e. The Labute approximate surface area is 221 Å². The second-order valence-corrected chi connectivity index (χ2v) is 8.83. The van der Waals surface area contributed by atoms with Crippen molar-refractivity contribution in [2.45, 2.75) is 60.2 Å². The van der Waals surface area contributed by atoms with Crippen molar-refractivity contribution in [3.8, 4) is 11.5 Å². The number of aryl methyl sites for hydroxylation is 2. The summed E-state index contributed by atoms with van der Waals surface area (Å²) < 4.78 is 17.0. The smallest absolute Gasteiger partial charge is 0.245 e. The van der Waals surface area contributed by atoms with Crippen molar-refractivity contribution in [3.63, 3.8) is 0 Å². The number of carbonyl (C=O) groups is 1. The molecule has 8 nitrogen and oxygen atoms in total. The number of aliphatic imine (C=N–C) groups is 1. The highest BCUT2D eigenvalue weighted by Gasteiger charge is 2.13. The zero-order valence-electron chi connectivity index (χ0n) is 23.1. The first kappa shape index (κ1) is 31.7. The van der Waals surface area contributed by atoms with E-state index in [0.29, 0.717) is 17.3 Å². The fraction of sp³-hybridized carbons (Fsp3) is 0.448. The Morgan fingerprint density at radius 1 is 1.08 bits per heavy atom. The molecule has 8 heteroatoms. The summed E-state index contributed by atoms with van der Waals surface area (Å²) in [6.07, 6.45) is 0.435. The van der Waals surface area contributed by atoms with Gasteiger partial charge in [-0.25, -0.2) is 4.99 Å². The number of methoxy groups -OCH3 is 1. The van der Waals surface area contributed by atoms with Crippen LogP contribution in [0.3, 0.4) is 0 Å². The molecule has 204 valence electrons. The summed E-state index contributed by atoms with van der Waals surface area (Å²) in [5.41, 5.74) is 3.85. The predicted octanol–water partition coefficient (Wildman–Crippen LogP) is 4.42. The third kappa shape index (κ3) is 11.1. The molecule has 0 aromatic heterocycles. The van der Waals surface area contributed by atoms with Gasteiger partial charge in [0.2, 0.25) is 11.8 Å². The number of nitrogens with one attached hydrogen (secondary N) is 1. The van der Waals surface area contributed by atoms with E-state index < -0.39 is 18.6 Å². The maximum absolute atomic E-state index is 11.1. The van der Waals surface area contributed by atoms with E-state index in [9.17, 15) is 9.90 Å². The Balaban J connectivity index is 0.00000217. The first-order valence-electron chi connectivity index (χ1n) is 12.4. The van der Waals surface area contributed by atoms with Gasteiger partial charge in [-0.1, -0.05) is 26.8 Å². The number of aliphatic hydroxyl groups is 2. The Morgan fingerprint density at radius 3 is 2.14 bits per heavy atom. The predicted molar refractivity (Wildman–Crippen MR) is 148 cm³/mol. The van der Waals surface area contributed by atoms with Gasteiger partial charge >= 0.3 is 0 Å². The average molecular weight is 515 g/mol. The monoisotopic (exact) mass is 514 g/mol. The van der Waals surface area contributed by atoms with Crippen LogP contribution in [0.1, 0.15) is 56.4 Å². The van der Waals surface area contributed by atoms with Crippen LogP contribution in [0.5, 0.6) is 11.5 Å². The topological polar surface area (TPSA) is 110 Å². The van der Waals surface area contributed by atoms with Gasteiger partial charge in [-0.2, -0.15) is 0 Å². The molecule has 0 spiro atoms. The van der Waals surface area contributed by atoms with Crippen LogP contribution in [0.15, 0.2) is 48.0 Å². The van der Waals surface area contributed by atoms with E-state index in [1.54, 1.807) is 7.11 Å². The molecule has 0 heterocycles. The molecule has 0 fully saturated rings. The van der Waals surface area contributed by atoms with E-state index in [-0.39, 0.29) is 19.3 Å². The summed E-state index contributed by atoms with van der Waals surface area (Å²) in [5, 5.41) is 21.1. The molecule has 0 bridgehead atoms. The Morgan fingerprint density at radius 2 is 1.65 bits per heavy atom. The first-order chi connectivity index (χ1) is 17.6. The number of rotatable bonds is 11. The number of hydrogen-bond donors (Lipinski definition) is 3. The van der Waals surface area contributed by atoms with Crippen molar-refractivity contribution in [2.24, 2.45) is 4.99 Å². The molecule has 1 amide bonds. The van der Waals surface area contributed by atoms with E-state index in [1.165, 1.54) is 6.42 Å². The van der Waals surface area contributed by atoms with Crippen LogP contribution < -0.4 is 14.8 Å². The molecule has 0 aliphatic carbocycles. The quantitative estimate of drug-likeness (QED) is 0.303. The molecule has 2 aromatic carbocycles. The van der Waals surface area contributed by atoms with Crippen molar-refractivity contribution in [1.82, 2.24) is 5.32 Å². The minimum Gasteiger partial charge on any atom is -0.491 e. The van der Waals surface area contributed by atoms with E-state index >= 15 is 0 Å². The lowest BCUT2D eigenvalue weighted by molar-refractivity contribution is -0.124. The van der Waals surface area contributed by atoms with Gasteiger partial charge < -0.3 is 29.7 Å². The Hall–Kier alpha value is -3.36. The second kappa shape index (κ2) is 16.4. The lowest BCUT2D eigenvalue weighted by Gasteiger charge is -2.17. The van der Waals surface area contributed by atoms with Crippen LogP contribution >= 0.6 is 0 Å². The van der Waals surface area contributed by atoms with Gasteiger partial charge in [0, 0.05) is 17.7 Å². The Kier molecular flexibility index (Phi) is 14.0. The average Bonchev–Trinajstić information content (AvgIpc) is 2.85. The van der Waals surface area contributed by atoms with Gasteiger partial charge in [-0.3, -0.25) is 4.79 Å². The highest BCUT2D eigenvalue weighted by Crippen LogP contribution is 2.28. The van der Waals surface area contributed by atoms with Crippen LogP contribution in [-0.4, -0.2) is 61.1 Å². The molecule has 2 aromatic rings. The van der Waals surface area contributed by atoms with Crippen LogP contribution in [0.4, 0.5) is 0 Å². The summed E-state index contributed by atoms with van der Waals surface area (Å²) in [6.45, 7) is 15.5. The van der Waals surface area contributed by atoms with Crippen molar-refractivity contribution in [3.05, 3.63) is 65.2 Å². The van der Waals surface area contributed by atoms with Gasteiger partial charge in [0.25, 0.3) is 0 Å². The summed E-state index contributed by atoms with van der Waals surface area (Å²) in [6, 6.07) is 11.3. The third-order valence-electron chi connectivity index (χ3n) is 4.79. The maximum atomic E-state index is 11.1. The van der Waals surface area contributed by atoms with E-state index in [2.05, 4.69) is 30.7 Å². The second-order valence-electron chi connectivity index (χ2n) is 8.83. The fourth-order valence-corrected chi connectivity index (χ4v) is 3.23. The molecular weight excluding hydrogens is 472 g/mol. The van der Waals surface area contributed by atoms with Gasteiger partial charge in [-0.05, 0) is 75.2 Å². The zero-order chi connectivity index (χ0) is 28.0. The molecule has 0 saturated heterocycles. The third-order valence-corrected chi connectivity index (χ3v) is 4.79. The lowest BCUT2D eigenvalue weighted by atomic mass is 10.0. The molecular formula is C29H42N2O6. The van der Waals surface area contributed by atoms with Gasteiger partial charge in [-0.15, -0.1) is 0 Å². The van der Waals surface area contributed by atoms with E-state index in [0.717, 1.165) is 28.0 Å². The number of carbonyl (C=O) groups excluding carboxylic acids is 1. The molecule has 0 radical (unpaired) electrons. The summed E-state index contributed by atoms with van der Waals surface area (Å²) >= 11 is 0. The number of hydrogen-bond acceptors (Lipinski definition) is 7. The molecule has 1 unspecified atom stereocenters. The summed E-state index contributed by atoms with van der Waals surface area (Å²) in [5.74, 6) is 1.30. The zero-order valence-corrected chi connectivity index (χ0v) is 23.1. The molecule has 0 saturated carbocycles. The number of ether oxygens (including phenoxy) is 3. The first-order valence-corrected chi connectivity index (χ1v) is 12.4. The highest BCUT2D eigenvalue weighted by atomic mass is 16.5. The van der Waals surface area contributed by atoms with Crippen LogP contribution in [-0.2, 0) is 9.53 Å². The van der Waals surface area contributed by atoms with Crippen molar-refractivity contribution in [2.75, 3.05) is 26.9 Å². The number of aliphatic hydroxyl groups excluding tert-OH is 2. The van der Waals surface area contributed by atoms with Crippen LogP contribution in [0.25, 0.3) is 5.70 Å². The lowest BCUT2D eigenvalue weighted by Crippen LogP contribution is -2.36. The number of amides is 1.